The third-order valence-electron chi connectivity index (χ3n) is 4.95. The van der Waals surface area contributed by atoms with Crippen LogP contribution < -0.4 is 0 Å². The molecule has 1 fully saturated rings. The monoisotopic (exact) mass is 369 g/mol. The van der Waals surface area contributed by atoms with Gasteiger partial charge in [-0.15, -0.1) is 5.10 Å². The number of tetrazole rings is 1. The molecule has 0 aliphatic carbocycles. The van der Waals surface area contributed by atoms with Gasteiger partial charge in [-0.3, -0.25) is 9.89 Å². The van der Waals surface area contributed by atoms with E-state index in [4.69, 9.17) is 0 Å². The van der Waals surface area contributed by atoms with Crippen LogP contribution in [0.15, 0.2) is 36.8 Å². The van der Waals surface area contributed by atoms with Crippen molar-refractivity contribution in [2.24, 2.45) is 0 Å². The third-order valence-corrected chi connectivity index (χ3v) is 4.95. The molecule has 3 heterocycles. The molecule has 1 atom stereocenters. The molecule has 27 heavy (non-hydrogen) atoms. The van der Waals surface area contributed by atoms with Gasteiger partial charge in [0.15, 0.2) is 0 Å². The topological polar surface area (TPSA) is 92.6 Å². The fourth-order valence-electron chi connectivity index (χ4n) is 3.56. The number of H-pyrrole nitrogens is 1. The second kappa shape index (κ2) is 7.65. The molecule has 1 amide bonds. The summed E-state index contributed by atoms with van der Waals surface area (Å²) in [6, 6.07) is 6.40. The predicted molar refractivity (Wildman–Crippen MR) is 95.0 cm³/mol. The third kappa shape index (κ3) is 3.86. The van der Waals surface area contributed by atoms with Crippen molar-refractivity contribution < 1.29 is 9.18 Å². The number of amides is 1. The van der Waals surface area contributed by atoms with E-state index in [0.717, 1.165) is 36.2 Å². The normalized spacial score (nSPS) is 17.2. The minimum Gasteiger partial charge on any atom is -0.342 e. The lowest BCUT2D eigenvalue weighted by molar-refractivity contribution is -0.132. The average Bonchev–Trinajstić information content (AvgIpc) is 3.39. The molecule has 4 rings (SSSR count). The summed E-state index contributed by atoms with van der Waals surface area (Å²) in [6.07, 6.45) is 5.55. The van der Waals surface area contributed by atoms with Crippen molar-refractivity contribution in [2.75, 3.05) is 13.1 Å². The number of aromatic nitrogens is 6. The molecule has 9 heteroatoms. The number of nitrogens with zero attached hydrogens (tertiary/aromatic N) is 6. The summed E-state index contributed by atoms with van der Waals surface area (Å²) in [6.45, 7) is 1.87. The molecule has 2 aromatic heterocycles. The molecule has 0 spiro atoms. The number of halogens is 1. The van der Waals surface area contributed by atoms with Gasteiger partial charge in [-0.05, 0) is 41.0 Å². The Bertz CT molecular complexity index is 891. The SMILES string of the molecule is O=C(CCn1cnnn1)N1CCCC(c2[nH]ncc2-c2ccc(F)cc2)C1. The summed E-state index contributed by atoms with van der Waals surface area (Å²) >= 11 is 0. The Morgan fingerprint density at radius 2 is 2.15 bits per heavy atom. The minimum absolute atomic E-state index is 0.0954. The van der Waals surface area contributed by atoms with Gasteiger partial charge in [-0.1, -0.05) is 12.1 Å². The number of carbonyl (C=O) groups excluding carboxylic acids is 1. The molecule has 0 bridgehead atoms. The van der Waals surface area contributed by atoms with E-state index in [2.05, 4.69) is 25.7 Å². The van der Waals surface area contributed by atoms with Crippen LogP contribution in [0, 0.1) is 5.82 Å². The first kappa shape index (κ1) is 17.3. The highest BCUT2D eigenvalue weighted by molar-refractivity contribution is 5.76. The lowest BCUT2D eigenvalue weighted by Crippen LogP contribution is -2.39. The van der Waals surface area contributed by atoms with Crippen molar-refractivity contribution in [2.45, 2.75) is 31.7 Å². The maximum absolute atomic E-state index is 13.2. The molecule has 3 aromatic rings. The van der Waals surface area contributed by atoms with E-state index in [1.165, 1.54) is 18.5 Å². The van der Waals surface area contributed by atoms with Gasteiger partial charge in [-0.2, -0.15) is 5.10 Å². The first-order valence-corrected chi connectivity index (χ1v) is 8.98. The van der Waals surface area contributed by atoms with Crippen LogP contribution in [-0.4, -0.2) is 54.3 Å². The number of rotatable bonds is 5. The minimum atomic E-state index is -0.263. The fraction of sp³-hybridized carbons (Fsp3) is 0.389. The highest BCUT2D eigenvalue weighted by Gasteiger charge is 2.27. The Balaban J connectivity index is 1.45. The second-order valence-electron chi connectivity index (χ2n) is 6.71. The Labute approximate surface area is 155 Å². The van der Waals surface area contributed by atoms with E-state index < -0.39 is 0 Å². The number of likely N-dealkylation sites (tertiary alicyclic amines) is 1. The molecule has 0 radical (unpaired) electrons. The summed E-state index contributed by atoms with van der Waals surface area (Å²) in [5.74, 6) is 0.0113. The molecule has 0 saturated carbocycles. The standard InChI is InChI=1S/C18H20FN7O/c19-15-5-3-13(4-6-15)16-10-20-22-18(16)14-2-1-8-25(11-14)17(27)7-9-26-12-21-23-24-26/h3-6,10,12,14H,1-2,7-9,11H2,(H,20,22). The molecule has 140 valence electrons. The summed E-state index contributed by atoms with van der Waals surface area (Å²) in [5, 5.41) is 18.2. The Morgan fingerprint density at radius 1 is 1.30 bits per heavy atom. The van der Waals surface area contributed by atoms with Crippen LogP contribution in [-0.2, 0) is 11.3 Å². The molecule has 1 saturated heterocycles. The van der Waals surface area contributed by atoms with Crippen LogP contribution in [0.25, 0.3) is 11.1 Å². The van der Waals surface area contributed by atoms with Crippen molar-refractivity contribution in [1.29, 1.82) is 0 Å². The number of hydrogen-bond donors (Lipinski definition) is 1. The lowest BCUT2D eigenvalue weighted by Gasteiger charge is -2.32. The summed E-state index contributed by atoms with van der Waals surface area (Å²) < 4.78 is 14.8. The van der Waals surface area contributed by atoms with Crippen LogP contribution >= 0.6 is 0 Å². The largest absolute Gasteiger partial charge is 0.342 e. The number of aryl methyl sites for hydroxylation is 1. The first-order chi connectivity index (χ1) is 13.2. The van der Waals surface area contributed by atoms with Gasteiger partial charge in [0.05, 0.1) is 12.7 Å². The van der Waals surface area contributed by atoms with E-state index >= 15 is 0 Å². The van der Waals surface area contributed by atoms with Crippen molar-refractivity contribution >= 4 is 5.91 Å². The van der Waals surface area contributed by atoms with E-state index in [1.807, 2.05) is 4.90 Å². The number of nitrogens with one attached hydrogen (secondary N) is 1. The number of carbonyl (C=O) groups is 1. The van der Waals surface area contributed by atoms with Crippen LogP contribution in [0.1, 0.15) is 30.9 Å². The van der Waals surface area contributed by atoms with Gasteiger partial charge >= 0.3 is 0 Å². The predicted octanol–water partition coefficient (Wildman–Crippen LogP) is 2.00. The van der Waals surface area contributed by atoms with Gasteiger partial charge in [0.2, 0.25) is 5.91 Å². The van der Waals surface area contributed by atoms with Crippen molar-refractivity contribution in [1.82, 2.24) is 35.3 Å². The molecule has 1 aliphatic rings. The van der Waals surface area contributed by atoms with Crippen molar-refractivity contribution in [3.63, 3.8) is 0 Å². The quantitative estimate of drug-likeness (QED) is 0.743. The maximum atomic E-state index is 13.2. The van der Waals surface area contributed by atoms with Crippen molar-refractivity contribution in [3.05, 3.63) is 48.3 Å². The first-order valence-electron chi connectivity index (χ1n) is 8.98. The van der Waals surface area contributed by atoms with E-state index in [-0.39, 0.29) is 17.6 Å². The van der Waals surface area contributed by atoms with E-state index in [9.17, 15) is 9.18 Å². The van der Waals surface area contributed by atoms with E-state index in [0.29, 0.717) is 19.5 Å². The summed E-state index contributed by atoms with van der Waals surface area (Å²) in [7, 11) is 0. The van der Waals surface area contributed by atoms with Crippen LogP contribution in [0.2, 0.25) is 0 Å². The molecule has 1 aliphatic heterocycles. The number of benzene rings is 1. The van der Waals surface area contributed by atoms with Gasteiger partial charge in [0.1, 0.15) is 12.1 Å². The Morgan fingerprint density at radius 3 is 2.93 bits per heavy atom. The Kier molecular flexibility index (Phi) is 4.91. The highest BCUT2D eigenvalue weighted by Crippen LogP contribution is 2.33. The van der Waals surface area contributed by atoms with Crippen LogP contribution in [0.4, 0.5) is 4.39 Å². The van der Waals surface area contributed by atoms with Gasteiger partial charge in [-0.25, -0.2) is 9.07 Å². The molecular weight excluding hydrogens is 349 g/mol. The van der Waals surface area contributed by atoms with Gasteiger partial charge in [0, 0.05) is 36.7 Å². The highest BCUT2D eigenvalue weighted by atomic mass is 19.1. The lowest BCUT2D eigenvalue weighted by atomic mass is 9.90. The summed E-state index contributed by atoms with van der Waals surface area (Å²) in [5.41, 5.74) is 2.88. The molecule has 8 nitrogen and oxygen atoms in total. The molecule has 1 N–H and O–H groups in total. The van der Waals surface area contributed by atoms with E-state index in [1.54, 1.807) is 23.0 Å². The number of aromatic amines is 1. The molecule has 1 aromatic carbocycles. The van der Waals surface area contributed by atoms with Crippen molar-refractivity contribution in [3.8, 4) is 11.1 Å². The van der Waals surface area contributed by atoms with Gasteiger partial charge < -0.3 is 4.90 Å². The van der Waals surface area contributed by atoms with Gasteiger partial charge in [0.25, 0.3) is 0 Å². The average molecular weight is 369 g/mol. The zero-order valence-corrected chi connectivity index (χ0v) is 14.8. The summed E-state index contributed by atoms with van der Waals surface area (Å²) in [4.78, 5) is 14.5. The maximum Gasteiger partial charge on any atom is 0.224 e. The number of piperidine rings is 1. The molecular formula is C18H20FN7O. The van der Waals surface area contributed by atoms with Crippen LogP contribution in [0.5, 0.6) is 0 Å². The number of hydrogen-bond acceptors (Lipinski definition) is 5. The van der Waals surface area contributed by atoms with Crippen LogP contribution in [0.3, 0.4) is 0 Å². The second-order valence-corrected chi connectivity index (χ2v) is 6.71. The zero-order chi connectivity index (χ0) is 18.6. The fourth-order valence-corrected chi connectivity index (χ4v) is 3.56. The Hall–Kier alpha value is -3.10. The zero-order valence-electron chi connectivity index (χ0n) is 14.8. The smallest absolute Gasteiger partial charge is 0.224 e. The molecule has 1 unspecified atom stereocenters.